The van der Waals surface area contributed by atoms with Crippen LogP contribution in [0.5, 0.6) is 5.75 Å². The van der Waals surface area contributed by atoms with Crippen LogP contribution in [0.25, 0.3) is 33.4 Å². The Morgan fingerprint density at radius 2 is 1.46 bits per heavy atom. The van der Waals surface area contributed by atoms with E-state index in [9.17, 15) is 27.0 Å². The molecule has 5 nitrogen and oxygen atoms in total. The first-order valence-corrected chi connectivity index (χ1v) is 13.5. The van der Waals surface area contributed by atoms with Gasteiger partial charge in [-0.2, -0.15) is 13.2 Å². The van der Waals surface area contributed by atoms with Crippen LogP contribution in [0.3, 0.4) is 0 Å². The van der Waals surface area contributed by atoms with Crippen molar-refractivity contribution in [1.29, 1.82) is 0 Å². The molecule has 1 heterocycles. The molecule has 3 N–H and O–H groups in total. The summed E-state index contributed by atoms with van der Waals surface area (Å²) in [6.07, 6.45) is -3.32. The van der Waals surface area contributed by atoms with Gasteiger partial charge >= 0.3 is 6.18 Å². The second-order valence-corrected chi connectivity index (χ2v) is 11.2. The van der Waals surface area contributed by atoms with Crippen LogP contribution in [-0.2, 0) is 29.6 Å². The number of aromatic nitrogens is 1. The predicted octanol–water partition coefficient (Wildman–Crippen LogP) is 7.42. The molecule has 4 rings (SSSR count). The number of pyridine rings is 1. The highest BCUT2D eigenvalue weighted by Gasteiger charge is 2.32. The average molecular weight is 555 g/mol. The maximum Gasteiger partial charge on any atom is 0.433 e. The van der Waals surface area contributed by atoms with Crippen molar-refractivity contribution in [2.24, 2.45) is 0 Å². The molecule has 1 aromatic heterocycles. The molecule has 0 amide bonds. The van der Waals surface area contributed by atoms with Gasteiger partial charge in [-0.3, -0.25) is 4.98 Å². The fraction of sp³-hybridized carbons (Fsp3) is 0.233. The van der Waals surface area contributed by atoms with Gasteiger partial charge in [-0.05, 0) is 90.0 Å². The summed E-state index contributed by atoms with van der Waals surface area (Å²) < 4.78 is 60.2. The number of hydrogen-bond acceptors (Lipinski definition) is 4. The number of nitrogens with zero attached hydrogens (tertiary/aromatic N) is 1. The number of phenolic OH excluding ortho intramolecular Hbond substituents is 1. The molecule has 0 saturated carbocycles. The second-order valence-electron chi connectivity index (χ2n) is 10.3. The molecule has 204 valence electrons. The van der Waals surface area contributed by atoms with Crippen molar-refractivity contribution in [1.82, 2.24) is 10.3 Å². The van der Waals surface area contributed by atoms with E-state index in [1.54, 1.807) is 36.4 Å². The number of alkyl halides is 3. The molecule has 0 spiro atoms. The molecule has 9 heteroatoms. The molecule has 0 radical (unpaired) electrons. The van der Waals surface area contributed by atoms with Gasteiger partial charge in [0.1, 0.15) is 11.4 Å². The Balaban J connectivity index is 1.94. The summed E-state index contributed by atoms with van der Waals surface area (Å²) in [4.78, 5) is 3.70. The molecule has 0 saturated heterocycles. The van der Waals surface area contributed by atoms with E-state index in [2.05, 4.69) is 10.3 Å². The summed E-state index contributed by atoms with van der Waals surface area (Å²) in [6.45, 7) is 6.60. The Morgan fingerprint density at radius 1 is 0.846 bits per heavy atom. The lowest BCUT2D eigenvalue weighted by atomic mass is 9.87. The topological polar surface area (TPSA) is 82.5 Å². The Bertz CT molecular complexity index is 1460. The second kappa shape index (κ2) is 11.3. The number of nitrogens with one attached hydrogen (secondary N) is 1. The lowest BCUT2D eigenvalue weighted by Gasteiger charge is -2.24. The normalized spacial score (nSPS) is 12.9. The third kappa shape index (κ3) is 7.32. The first-order valence-electron chi connectivity index (χ1n) is 12.2. The summed E-state index contributed by atoms with van der Waals surface area (Å²) in [5, 5.41) is 13.4. The van der Waals surface area contributed by atoms with Gasteiger partial charge in [0.15, 0.2) is 11.1 Å². The number of benzene rings is 3. The van der Waals surface area contributed by atoms with Gasteiger partial charge in [0.2, 0.25) is 0 Å². The number of phenols is 1. The third-order valence-electron chi connectivity index (χ3n) is 6.13. The fourth-order valence-corrected chi connectivity index (χ4v) is 4.70. The largest absolute Gasteiger partial charge is 0.508 e. The van der Waals surface area contributed by atoms with Crippen LogP contribution >= 0.6 is 0 Å². The summed E-state index contributed by atoms with van der Waals surface area (Å²) in [7, 11) is 0. The highest BCUT2D eigenvalue weighted by atomic mass is 32.2. The maximum absolute atomic E-state index is 13.2. The molecule has 1 unspecified atom stereocenters. The summed E-state index contributed by atoms with van der Waals surface area (Å²) >= 11 is -1.96. The zero-order valence-corrected chi connectivity index (χ0v) is 22.5. The molecule has 39 heavy (non-hydrogen) atoms. The summed E-state index contributed by atoms with van der Waals surface area (Å²) in [5.74, 6) is 0.120. The van der Waals surface area contributed by atoms with Gasteiger partial charge in [0.25, 0.3) is 0 Å². The van der Waals surface area contributed by atoms with E-state index in [-0.39, 0.29) is 17.0 Å². The van der Waals surface area contributed by atoms with Gasteiger partial charge in [-0.25, -0.2) is 4.21 Å². The summed E-state index contributed by atoms with van der Waals surface area (Å²) in [5.41, 5.74) is 4.91. The molecule has 4 aromatic rings. The molecule has 0 aliphatic heterocycles. The van der Waals surface area contributed by atoms with Crippen LogP contribution in [0, 0.1) is 0 Å². The van der Waals surface area contributed by atoms with Gasteiger partial charge < -0.3 is 15.0 Å². The third-order valence-corrected chi connectivity index (χ3v) is 6.71. The van der Waals surface area contributed by atoms with Crippen LogP contribution in [0.15, 0.2) is 79.0 Å². The quantitative estimate of drug-likeness (QED) is 0.207. The molecule has 0 aliphatic rings. The SMILES string of the molecule is CC(C)(C)NCc1cc(-c2ccc(CS(=O)O)cc2)cc(-c2ccc(C(F)(F)F)nc2)c1-c1ccc(O)cc1. The molecular formula is C30H29F3N2O3S. The lowest BCUT2D eigenvalue weighted by molar-refractivity contribution is -0.141. The van der Waals surface area contributed by atoms with Crippen molar-refractivity contribution in [3.05, 3.63) is 95.8 Å². The van der Waals surface area contributed by atoms with E-state index in [1.807, 2.05) is 45.0 Å². The zero-order valence-electron chi connectivity index (χ0n) is 21.7. The van der Waals surface area contributed by atoms with Crippen molar-refractivity contribution in [3.63, 3.8) is 0 Å². The number of hydrogen-bond donors (Lipinski definition) is 3. The van der Waals surface area contributed by atoms with Gasteiger partial charge in [-0.15, -0.1) is 0 Å². The highest BCUT2D eigenvalue weighted by molar-refractivity contribution is 7.78. The van der Waals surface area contributed by atoms with Crippen molar-refractivity contribution in [3.8, 4) is 39.1 Å². The summed E-state index contributed by atoms with van der Waals surface area (Å²) in [6, 6.07) is 20.3. The van der Waals surface area contributed by atoms with E-state index >= 15 is 0 Å². The van der Waals surface area contributed by atoms with Crippen molar-refractivity contribution in [2.45, 2.75) is 44.8 Å². The van der Waals surface area contributed by atoms with Crippen LogP contribution in [0.2, 0.25) is 0 Å². The van der Waals surface area contributed by atoms with Crippen LogP contribution in [0.4, 0.5) is 13.2 Å². The Morgan fingerprint density at radius 3 is 2.00 bits per heavy atom. The molecule has 0 aliphatic carbocycles. The minimum atomic E-state index is -4.55. The molecule has 1 atom stereocenters. The first-order chi connectivity index (χ1) is 18.3. The van der Waals surface area contributed by atoms with Crippen molar-refractivity contribution in [2.75, 3.05) is 0 Å². The van der Waals surface area contributed by atoms with E-state index in [0.717, 1.165) is 33.9 Å². The molecule has 0 fully saturated rings. The monoisotopic (exact) mass is 554 g/mol. The van der Waals surface area contributed by atoms with E-state index in [4.69, 9.17) is 0 Å². The minimum Gasteiger partial charge on any atom is -0.508 e. The standard InChI is InChI=1S/C30H29F3N2O3S/c1-29(2,3)35-17-24-14-23(20-6-4-19(5-7-20)18-39(37)38)15-26(28(24)21-8-11-25(36)12-9-21)22-10-13-27(34-16-22)30(31,32)33/h4-16,35-36H,17-18H2,1-3H3,(H,37,38). The number of rotatable bonds is 7. The van der Waals surface area contributed by atoms with Gasteiger partial charge in [0.05, 0.1) is 5.75 Å². The predicted molar refractivity (Wildman–Crippen MR) is 148 cm³/mol. The number of halogens is 3. The van der Waals surface area contributed by atoms with E-state index in [1.165, 1.54) is 12.3 Å². The zero-order chi connectivity index (χ0) is 28.4. The number of aromatic hydroxyl groups is 1. The van der Waals surface area contributed by atoms with Crippen molar-refractivity contribution >= 4 is 11.1 Å². The van der Waals surface area contributed by atoms with E-state index < -0.39 is 23.0 Å². The van der Waals surface area contributed by atoms with Crippen molar-refractivity contribution < 1.29 is 27.0 Å². The maximum atomic E-state index is 13.2. The Labute approximate surface area is 228 Å². The molecule has 3 aromatic carbocycles. The van der Waals surface area contributed by atoms with Crippen LogP contribution in [-0.4, -0.2) is 24.4 Å². The Kier molecular flexibility index (Phi) is 8.25. The average Bonchev–Trinajstić information content (AvgIpc) is 2.87. The van der Waals surface area contributed by atoms with E-state index in [0.29, 0.717) is 23.2 Å². The van der Waals surface area contributed by atoms with Crippen LogP contribution in [0.1, 0.15) is 37.6 Å². The minimum absolute atomic E-state index is 0.0172. The Hall–Kier alpha value is -3.53. The van der Waals surface area contributed by atoms with Gasteiger partial charge in [-0.1, -0.05) is 42.5 Å². The molecular weight excluding hydrogens is 525 g/mol. The highest BCUT2D eigenvalue weighted by Crippen LogP contribution is 2.40. The van der Waals surface area contributed by atoms with Gasteiger partial charge in [0, 0.05) is 23.8 Å². The molecule has 0 bridgehead atoms. The van der Waals surface area contributed by atoms with Crippen LogP contribution < -0.4 is 5.32 Å². The first kappa shape index (κ1) is 28.5. The fourth-order valence-electron chi connectivity index (χ4n) is 4.22. The lowest BCUT2D eigenvalue weighted by Crippen LogP contribution is -2.35. The smallest absolute Gasteiger partial charge is 0.433 e.